The number of benzene rings is 1. The maximum absolute atomic E-state index is 13.6. The number of nitrogens with one attached hydrogen (secondary N) is 1. The van der Waals surface area contributed by atoms with Crippen molar-refractivity contribution in [1.82, 2.24) is 9.78 Å². The van der Waals surface area contributed by atoms with Crippen molar-refractivity contribution in [2.75, 3.05) is 5.32 Å². The molecule has 0 bridgehead atoms. The summed E-state index contributed by atoms with van der Waals surface area (Å²) in [7, 11) is 0. The zero-order valence-electron chi connectivity index (χ0n) is 11.9. The number of aromatic nitrogens is 2. The van der Waals surface area contributed by atoms with Crippen LogP contribution in [0.15, 0.2) is 53.3 Å². The average molecular weight is 299 g/mol. The first-order valence-electron chi connectivity index (χ1n) is 6.76. The van der Waals surface area contributed by atoms with Crippen molar-refractivity contribution in [1.29, 1.82) is 0 Å². The summed E-state index contributed by atoms with van der Waals surface area (Å²) in [4.78, 5) is 12.0. The van der Waals surface area contributed by atoms with Gasteiger partial charge < -0.3 is 9.73 Å². The molecule has 2 heterocycles. The van der Waals surface area contributed by atoms with E-state index < -0.39 is 0 Å². The molecule has 0 atom stereocenters. The van der Waals surface area contributed by atoms with Gasteiger partial charge in [-0.2, -0.15) is 5.10 Å². The van der Waals surface area contributed by atoms with Crippen LogP contribution in [-0.2, 0) is 6.54 Å². The van der Waals surface area contributed by atoms with Crippen molar-refractivity contribution < 1.29 is 13.6 Å². The van der Waals surface area contributed by atoms with Crippen molar-refractivity contribution in [3.63, 3.8) is 0 Å². The lowest BCUT2D eigenvalue weighted by atomic mass is 10.2. The number of nitrogens with zero attached hydrogens (tertiary/aromatic N) is 2. The molecule has 0 spiro atoms. The van der Waals surface area contributed by atoms with Crippen LogP contribution in [0.2, 0.25) is 0 Å². The molecule has 112 valence electrons. The van der Waals surface area contributed by atoms with Crippen LogP contribution in [0.3, 0.4) is 0 Å². The second kappa shape index (κ2) is 5.85. The summed E-state index contributed by atoms with van der Waals surface area (Å²) < 4.78 is 20.3. The second-order valence-corrected chi connectivity index (χ2v) is 4.83. The van der Waals surface area contributed by atoms with Crippen molar-refractivity contribution >= 4 is 11.7 Å². The van der Waals surface area contributed by atoms with Crippen molar-refractivity contribution in [2.45, 2.75) is 13.5 Å². The molecule has 6 heteroatoms. The van der Waals surface area contributed by atoms with E-state index in [1.54, 1.807) is 48.1 Å². The summed E-state index contributed by atoms with van der Waals surface area (Å²) in [6, 6.07) is 9.77. The number of carbonyl (C=O) groups is 1. The van der Waals surface area contributed by atoms with Crippen molar-refractivity contribution in [3.05, 3.63) is 71.6 Å². The van der Waals surface area contributed by atoms with E-state index in [1.165, 1.54) is 12.3 Å². The standard InChI is InChI=1S/C16H14FN3O2/c1-11-13(7-9-22-11)16(21)18-15-6-8-20(19-15)10-12-4-2-3-5-14(12)17/h2-9H,10H2,1H3,(H,18,19,21). The van der Waals surface area contributed by atoms with Crippen LogP contribution in [0.4, 0.5) is 10.2 Å². The Balaban J connectivity index is 1.70. The van der Waals surface area contributed by atoms with E-state index in [1.807, 2.05) is 0 Å². The second-order valence-electron chi connectivity index (χ2n) is 4.83. The molecule has 1 aromatic carbocycles. The number of hydrogen-bond donors (Lipinski definition) is 1. The minimum absolute atomic E-state index is 0.280. The van der Waals surface area contributed by atoms with Gasteiger partial charge in [-0.3, -0.25) is 9.48 Å². The van der Waals surface area contributed by atoms with Crippen LogP contribution in [0, 0.1) is 12.7 Å². The lowest BCUT2D eigenvalue weighted by Crippen LogP contribution is -2.13. The van der Waals surface area contributed by atoms with Gasteiger partial charge in [0.2, 0.25) is 0 Å². The number of halogens is 1. The van der Waals surface area contributed by atoms with E-state index >= 15 is 0 Å². The van der Waals surface area contributed by atoms with Crippen LogP contribution in [0.5, 0.6) is 0 Å². The van der Waals surface area contributed by atoms with Gasteiger partial charge in [0, 0.05) is 17.8 Å². The monoisotopic (exact) mass is 299 g/mol. The molecule has 0 aliphatic rings. The van der Waals surface area contributed by atoms with Crippen molar-refractivity contribution in [3.8, 4) is 0 Å². The summed E-state index contributed by atoms with van der Waals surface area (Å²) in [6.07, 6.45) is 3.14. The third-order valence-electron chi connectivity index (χ3n) is 3.28. The number of hydrogen-bond acceptors (Lipinski definition) is 3. The quantitative estimate of drug-likeness (QED) is 0.804. The molecule has 0 saturated carbocycles. The number of aryl methyl sites for hydroxylation is 1. The highest BCUT2D eigenvalue weighted by Gasteiger charge is 2.13. The molecule has 5 nitrogen and oxygen atoms in total. The molecule has 1 amide bonds. The predicted molar refractivity (Wildman–Crippen MR) is 79.1 cm³/mol. The fourth-order valence-electron chi connectivity index (χ4n) is 2.12. The molecule has 22 heavy (non-hydrogen) atoms. The SMILES string of the molecule is Cc1occc1C(=O)Nc1ccn(Cc2ccccc2F)n1. The van der Waals surface area contributed by atoms with Gasteiger partial charge in [-0.05, 0) is 19.1 Å². The summed E-state index contributed by atoms with van der Waals surface area (Å²) in [5.74, 6) is 0.380. The number of carbonyl (C=O) groups excluding carboxylic acids is 1. The van der Waals surface area contributed by atoms with Gasteiger partial charge in [-0.25, -0.2) is 4.39 Å². The minimum Gasteiger partial charge on any atom is -0.469 e. The maximum Gasteiger partial charge on any atom is 0.260 e. The molecular weight excluding hydrogens is 285 g/mol. The maximum atomic E-state index is 13.6. The van der Waals surface area contributed by atoms with Crippen LogP contribution in [0.1, 0.15) is 21.7 Å². The fourth-order valence-corrected chi connectivity index (χ4v) is 2.12. The van der Waals surface area contributed by atoms with Crippen LogP contribution in [-0.4, -0.2) is 15.7 Å². The molecule has 0 saturated heterocycles. The highest BCUT2D eigenvalue weighted by Crippen LogP contribution is 2.13. The van der Waals surface area contributed by atoms with E-state index in [4.69, 9.17) is 4.42 Å². The highest BCUT2D eigenvalue weighted by molar-refractivity contribution is 6.04. The van der Waals surface area contributed by atoms with Crippen LogP contribution < -0.4 is 5.32 Å². The van der Waals surface area contributed by atoms with E-state index in [9.17, 15) is 9.18 Å². The molecule has 3 aromatic rings. The Morgan fingerprint density at radius 2 is 2.14 bits per heavy atom. The lowest BCUT2D eigenvalue weighted by molar-refractivity contribution is 0.102. The zero-order valence-corrected chi connectivity index (χ0v) is 11.9. The Morgan fingerprint density at radius 3 is 2.86 bits per heavy atom. The molecular formula is C16H14FN3O2. The number of amides is 1. The third-order valence-corrected chi connectivity index (χ3v) is 3.28. The van der Waals surface area contributed by atoms with Gasteiger partial charge >= 0.3 is 0 Å². The van der Waals surface area contributed by atoms with Gasteiger partial charge in [-0.1, -0.05) is 18.2 Å². The van der Waals surface area contributed by atoms with E-state index in [-0.39, 0.29) is 11.7 Å². The minimum atomic E-state index is -0.289. The molecule has 2 aromatic heterocycles. The first kappa shape index (κ1) is 14.1. The third kappa shape index (κ3) is 2.90. The molecule has 3 rings (SSSR count). The Kier molecular flexibility index (Phi) is 3.74. The van der Waals surface area contributed by atoms with Gasteiger partial charge in [0.05, 0.1) is 18.4 Å². The Hall–Kier alpha value is -2.89. The molecule has 0 unspecified atom stereocenters. The summed E-state index contributed by atoms with van der Waals surface area (Å²) in [5, 5.41) is 6.89. The van der Waals surface area contributed by atoms with Gasteiger partial charge in [0.1, 0.15) is 11.6 Å². The Labute approximate surface area is 126 Å². The Bertz CT molecular complexity index is 807. The number of anilines is 1. The topological polar surface area (TPSA) is 60.1 Å². The summed E-state index contributed by atoms with van der Waals surface area (Å²) in [6.45, 7) is 2.01. The normalized spacial score (nSPS) is 10.6. The van der Waals surface area contributed by atoms with Crippen molar-refractivity contribution in [2.24, 2.45) is 0 Å². The molecule has 0 fully saturated rings. The fraction of sp³-hybridized carbons (Fsp3) is 0.125. The first-order chi connectivity index (χ1) is 10.6. The molecule has 1 N–H and O–H groups in total. The van der Waals surface area contributed by atoms with Crippen LogP contribution in [0.25, 0.3) is 0 Å². The molecule has 0 aliphatic carbocycles. The smallest absolute Gasteiger partial charge is 0.260 e. The predicted octanol–water partition coefficient (Wildman–Crippen LogP) is 3.22. The largest absolute Gasteiger partial charge is 0.469 e. The van der Waals surface area contributed by atoms with E-state index in [2.05, 4.69) is 10.4 Å². The number of furan rings is 1. The van der Waals surface area contributed by atoms with E-state index in [0.717, 1.165) is 0 Å². The summed E-state index contributed by atoms with van der Waals surface area (Å²) in [5.41, 5.74) is 0.998. The molecule has 0 aliphatic heterocycles. The first-order valence-corrected chi connectivity index (χ1v) is 6.76. The summed E-state index contributed by atoms with van der Waals surface area (Å²) >= 11 is 0. The number of rotatable bonds is 4. The Morgan fingerprint density at radius 1 is 1.32 bits per heavy atom. The highest BCUT2D eigenvalue weighted by atomic mass is 19.1. The van der Waals surface area contributed by atoms with Gasteiger partial charge in [0.15, 0.2) is 5.82 Å². The average Bonchev–Trinajstić information content (AvgIpc) is 3.10. The van der Waals surface area contributed by atoms with E-state index in [0.29, 0.717) is 29.2 Å². The van der Waals surface area contributed by atoms with Crippen LogP contribution >= 0.6 is 0 Å². The molecule has 0 radical (unpaired) electrons. The zero-order chi connectivity index (χ0) is 15.5. The van der Waals surface area contributed by atoms with Gasteiger partial charge in [0.25, 0.3) is 5.91 Å². The van der Waals surface area contributed by atoms with Gasteiger partial charge in [-0.15, -0.1) is 0 Å². The lowest BCUT2D eigenvalue weighted by Gasteiger charge is -2.03.